The molecule has 2 fully saturated rings. The van der Waals surface area contributed by atoms with E-state index in [0.29, 0.717) is 37.1 Å². The third-order valence-electron chi connectivity index (χ3n) is 11.2. The number of fused-ring (bicyclic) bond motifs is 1. The SMILES string of the molecule is CC(C)(OC(=O)NCCCCNC(=O)c1ccnc(C=C2C(=O)N3[C@@H](C(=O)OC(c4ccccc4)c4ccccc4)C(C)(C)S(=O)(=O)[C@H]23)c1)c1ccc(-c2ccccc2)cc1. The molecule has 3 amide bonds. The Labute approximate surface area is 355 Å². The molecule has 12 nitrogen and oxygen atoms in total. The molecule has 0 unspecified atom stereocenters. The molecule has 2 N–H and O–H groups in total. The standard InChI is InChI=1S/C48H48N4O8S/c1-47(2,37-24-22-33(23-25-37)32-16-8-5-9-17-32)60-46(56)51-28-15-14-27-50-42(53)36-26-29-49-38(30-36)31-39-43(54)52-41(48(3,4)61(57,58)44(39)52)45(55)59-40(34-18-10-6-11-19-34)35-20-12-7-13-21-35/h5-13,16-26,29-31,40-41,44H,14-15,27-28H2,1-4H3,(H,50,53)(H,51,56)/t41-,44+/m0/s1. The van der Waals surface area contributed by atoms with E-state index in [2.05, 4.69) is 15.6 Å². The van der Waals surface area contributed by atoms with Gasteiger partial charge in [0.2, 0.25) is 0 Å². The molecular weight excluding hydrogens is 793 g/mol. The van der Waals surface area contributed by atoms with Gasteiger partial charge in [-0.15, -0.1) is 0 Å². The lowest BCUT2D eigenvalue weighted by atomic mass is 9.94. The molecular formula is C48H48N4O8S. The Morgan fingerprint density at radius 1 is 0.803 bits per heavy atom. The topological polar surface area (TPSA) is 161 Å². The van der Waals surface area contributed by atoms with Gasteiger partial charge in [-0.05, 0) is 86.6 Å². The Kier molecular flexibility index (Phi) is 12.2. The van der Waals surface area contributed by atoms with Crippen LogP contribution in [-0.2, 0) is 34.5 Å². The summed E-state index contributed by atoms with van der Waals surface area (Å²) in [6, 6.07) is 37.7. The van der Waals surface area contributed by atoms with Crippen molar-refractivity contribution in [3.05, 3.63) is 167 Å². The van der Waals surface area contributed by atoms with E-state index < -0.39 is 55.7 Å². The number of nitrogens with zero attached hydrogens (tertiary/aromatic N) is 2. The number of unbranched alkanes of at least 4 members (excludes halogenated alkanes) is 1. The number of benzene rings is 4. The lowest BCUT2D eigenvalue weighted by Gasteiger charge is -2.38. The number of nitrogens with one attached hydrogen (secondary N) is 2. The van der Waals surface area contributed by atoms with Gasteiger partial charge in [-0.25, -0.2) is 18.0 Å². The second-order valence-corrected chi connectivity index (χ2v) is 18.6. The minimum Gasteiger partial charge on any atom is -0.451 e. The number of rotatable bonds is 14. The van der Waals surface area contributed by atoms with Crippen molar-refractivity contribution < 1.29 is 37.1 Å². The number of amides is 3. The maximum Gasteiger partial charge on any atom is 0.408 e. The number of esters is 1. The Hall–Kier alpha value is -6.60. The van der Waals surface area contributed by atoms with Crippen molar-refractivity contribution in [3.63, 3.8) is 0 Å². The lowest BCUT2D eigenvalue weighted by molar-refractivity contribution is -0.160. The van der Waals surface area contributed by atoms with E-state index in [0.717, 1.165) is 21.6 Å². The highest BCUT2D eigenvalue weighted by molar-refractivity contribution is 7.94. The smallest absolute Gasteiger partial charge is 0.408 e. The number of carbonyl (C=O) groups is 4. The number of hydrogen-bond donors (Lipinski definition) is 2. The summed E-state index contributed by atoms with van der Waals surface area (Å²) in [5.41, 5.74) is 3.98. The van der Waals surface area contributed by atoms with Crippen LogP contribution in [0.5, 0.6) is 0 Å². The summed E-state index contributed by atoms with van der Waals surface area (Å²) < 4.78 is 38.1. The zero-order chi connectivity index (χ0) is 43.4. The zero-order valence-electron chi connectivity index (χ0n) is 34.4. The van der Waals surface area contributed by atoms with Gasteiger partial charge in [0.1, 0.15) is 10.3 Å². The van der Waals surface area contributed by atoms with Crippen molar-refractivity contribution in [3.8, 4) is 11.1 Å². The molecule has 13 heteroatoms. The van der Waals surface area contributed by atoms with Crippen LogP contribution in [0.1, 0.15) is 79.4 Å². The van der Waals surface area contributed by atoms with Gasteiger partial charge in [0, 0.05) is 24.8 Å². The fourth-order valence-corrected chi connectivity index (χ4v) is 9.80. The van der Waals surface area contributed by atoms with E-state index in [1.54, 1.807) is 0 Å². The monoisotopic (exact) mass is 840 g/mol. The van der Waals surface area contributed by atoms with Crippen LogP contribution in [0.15, 0.2) is 139 Å². The van der Waals surface area contributed by atoms with Crippen LogP contribution in [-0.4, -0.2) is 71.4 Å². The van der Waals surface area contributed by atoms with Crippen LogP contribution >= 0.6 is 0 Å². The van der Waals surface area contributed by atoms with Crippen molar-refractivity contribution in [2.45, 2.75) is 68.4 Å². The first-order chi connectivity index (χ1) is 29.2. The average molecular weight is 841 g/mol. The molecule has 0 saturated carbocycles. The van der Waals surface area contributed by atoms with Crippen LogP contribution < -0.4 is 10.6 Å². The number of sulfone groups is 1. The van der Waals surface area contributed by atoms with Gasteiger partial charge in [0.25, 0.3) is 11.8 Å². The molecule has 5 aromatic rings. The summed E-state index contributed by atoms with van der Waals surface area (Å²) in [5.74, 6) is -1.86. The first-order valence-electron chi connectivity index (χ1n) is 20.1. The van der Waals surface area contributed by atoms with E-state index in [4.69, 9.17) is 9.47 Å². The van der Waals surface area contributed by atoms with Gasteiger partial charge in [-0.1, -0.05) is 115 Å². The normalized spacial score (nSPS) is 18.2. The van der Waals surface area contributed by atoms with Crippen LogP contribution in [0.2, 0.25) is 0 Å². The summed E-state index contributed by atoms with van der Waals surface area (Å²) in [4.78, 5) is 58.7. The average Bonchev–Trinajstić information content (AvgIpc) is 3.41. The fraction of sp³-hybridized carbons (Fsp3) is 0.271. The predicted octanol–water partition coefficient (Wildman–Crippen LogP) is 7.38. The highest BCUT2D eigenvalue weighted by Gasteiger charge is 2.70. The number of ether oxygens (including phenoxy) is 2. The molecule has 3 heterocycles. The molecule has 2 atom stereocenters. The van der Waals surface area contributed by atoms with Gasteiger partial charge in [-0.2, -0.15) is 0 Å². The Morgan fingerprint density at radius 3 is 1.97 bits per heavy atom. The van der Waals surface area contributed by atoms with Crippen LogP contribution in [0, 0.1) is 0 Å². The molecule has 0 aliphatic carbocycles. The molecule has 1 aromatic heterocycles. The molecule has 2 aliphatic heterocycles. The fourth-order valence-electron chi connectivity index (χ4n) is 7.68. The van der Waals surface area contributed by atoms with Crippen LogP contribution in [0.3, 0.4) is 0 Å². The van der Waals surface area contributed by atoms with E-state index in [9.17, 15) is 27.6 Å². The summed E-state index contributed by atoms with van der Waals surface area (Å²) in [5, 5.41) is 4.23. The van der Waals surface area contributed by atoms with E-state index in [1.807, 2.05) is 129 Å². The quantitative estimate of drug-likeness (QED) is 0.0503. The van der Waals surface area contributed by atoms with Crippen molar-refractivity contribution in [2.75, 3.05) is 13.1 Å². The van der Waals surface area contributed by atoms with Gasteiger partial charge in [-0.3, -0.25) is 14.6 Å². The molecule has 2 aliphatic rings. The minimum absolute atomic E-state index is 0.0496. The molecule has 0 bridgehead atoms. The Morgan fingerprint density at radius 2 is 1.36 bits per heavy atom. The first kappa shape index (κ1) is 42.5. The maximum atomic E-state index is 14.0. The summed E-state index contributed by atoms with van der Waals surface area (Å²) >= 11 is 0. The zero-order valence-corrected chi connectivity index (χ0v) is 35.2. The van der Waals surface area contributed by atoms with Crippen molar-refractivity contribution in [2.24, 2.45) is 0 Å². The predicted molar refractivity (Wildman–Crippen MR) is 231 cm³/mol. The molecule has 61 heavy (non-hydrogen) atoms. The molecule has 314 valence electrons. The van der Waals surface area contributed by atoms with Gasteiger partial charge < -0.3 is 25.0 Å². The summed E-state index contributed by atoms with van der Waals surface area (Å²) in [6.07, 6.45) is 2.52. The number of pyridine rings is 1. The summed E-state index contributed by atoms with van der Waals surface area (Å²) in [6.45, 7) is 7.19. The largest absolute Gasteiger partial charge is 0.451 e. The van der Waals surface area contributed by atoms with E-state index in [1.165, 1.54) is 38.3 Å². The molecule has 4 aromatic carbocycles. The second-order valence-electron chi connectivity index (χ2n) is 16.1. The number of hydrogen-bond acceptors (Lipinski definition) is 9. The van der Waals surface area contributed by atoms with E-state index in [-0.39, 0.29) is 22.7 Å². The first-order valence-corrected chi connectivity index (χ1v) is 21.7. The van der Waals surface area contributed by atoms with Crippen molar-refractivity contribution in [1.82, 2.24) is 20.5 Å². The molecule has 2 saturated heterocycles. The van der Waals surface area contributed by atoms with Gasteiger partial charge in [0.05, 0.1) is 11.3 Å². The van der Waals surface area contributed by atoms with Gasteiger partial charge >= 0.3 is 12.1 Å². The third kappa shape index (κ3) is 8.83. The van der Waals surface area contributed by atoms with Crippen molar-refractivity contribution in [1.29, 1.82) is 0 Å². The number of aromatic nitrogens is 1. The second kappa shape index (κ2) is 17.6. The summed E-state index contributed by atoms with van der Waals surface area (Å²) in [7, 11) is -4.12. The van der Waals surface area contributed by atoms with Crippen LogP contribution in [0.25, 0.3) is 17.2 Å². The third-order valence-corrected chi connectivity index (χ3v) is 13.9. The minimum atomic E-state index is -4.12. The lowest BCUT2D eigenvalue weighted by Crippen LogP contribution is -2.59. The van der Waals surface area contributed by atoms with Gasteiger partial charge in [0.15, 0.2) is 27.4 Å². The molecule has 7 rings (SSSR count). The Bertz CT molecular complexity index is 2510. The van der Waals surface area contributed by atoms with Crippen molar-refractivity contribution >= 4 is 39.8 Å². The highest BCUT2D eigenvalue weighted by Crippen LogP contribution is 2.49. The highest BCUT2D eigenvalue weighted by atomic mass is 32.2. The Balaban J connectivity index is 0.916. The molecule has 0 spiro atoms. The maximum absolute atomic E-state index is 14.0. The molecule has 0 radical (unpaired) electrons. The number of carbonyl (C=O) groups excluding carboxylic acids is 4. The van der Waals surface area contributed by atoms with Crippen LogP contribution in [0.4, 0.5) is 4.79 Å². The van der Waals surface area contributed by atoms with E-state index >= 15 is 0 Å². The number of alkyl carbamates (subject to hydrolysis) is 1. The number of β-lactam (4-membered cyclic amide) rings is 1.